The number of ether oxygens (including phenoxy) is 1. The summed E-state index contributed by atoms with van der Waals surface area (Å²) in [5.74, 6) is -0.0444. The monoisotopic (exact) mass is 243 g/mol. The van der Waals surface area contributed by atoms with Crippen LogP contribution in [0.2, 0.25) is 0 Å². The lowest BCUT2D eigenvalue weighted by molar-refractivity contribution is -0.0500. The molecule has 0 fully saturated rings. The maximum absolute atomic E-state index is 12.1. The molecule has 0 unspecified atom stereocenters. The molecule has 16 heavy (non-hydrogen) atoms. The summed E-state index contributed by atoms with van der Waals surface area (Å²) < 4.78 is 28.5. The molecule has 1 aromatic rings. The molecule has 0 saturated heterocycles. The molecule has 0 spiro atoms. The second-order valence-corrected chi connectivity index (χ2v) is 3.30. The number of nitriles is 1. The van der Waals surface area contributed by atoms with E-state index in [0.717, 1.165) is 0 Å². The van der Waals surface area contributed by atoms with Gasteiger partial charge in [-0.05, 0) is 19.1 Å². The Morgan fingerprint density at radius 3 is 2.62 bits per heavy atom. The van der Waals surface area contributed by atoms with Gasteiger partial charge in [-0.1, -0.05) is 23.7 Å². The summed E-state index contributed by atoms with van der Waals surface area (Å²) in [6.45, 7) is -1.42. The van der Waals surface area contributed by atoms with Crippen LogP contribution in [0.15, 0.2) is 29.8 Å². The molecule has 5 heteroatoms. The smallest absolute Gasteiger partial charge is 0.387 e. The van der Waals surface area contributed by atoms with Crippen LogP contribution in [0.4, 0.5) is 8.78 Å². The van der Waals surface area contributed by atoms with E-state index in [4.69, 9.17) is 16.9 Å². The van der Waals surface area contributed by atoms with Crippen molar-refractivity contribution in [3.05, 3.63) is 35.4 Å². The van der Waals surface area contributed by atoms with Crippen LogP contribution in [0.1, 0.15) is 12.5 Å². The number of hydrogen-bond donors (Lipinski definition) is 0. The van der Waals surface area contributed by atoms with Gasteiger partial charge >= 0.3 is 6.61 Å². The molecule has 1 aromatic carbocycles. The molecule has 0 N–H and O–H groups in total. The lowest BCUT2D eigenvalue weighted by atomic mass is 10.1. The van der Waals surface area contributed by atoms with Crippen LogP contribution in [0.3, 0.4) is 0 Å². The van der Waals surface area contributed by atoms with Gasteiger partial charge < -0.3 is 4.74 Å². The number of benzene rings is 1. The average Bonchev–Trinajstić information content (AvgIpc) is 2.27. The zero-order chi connectivity index (χ0) is 12.1. The predicted octanol–water partition coefficient (Wildman–Crippen LogP) is 3.78. The molecule has 0 aliphatic heterocycles. The summed E-state index contributed by atoms with van der Waals surface area (Å²) in [6, 6.07) is 7.91. The van der Waals surface area contributed by atoms with Gasteiger partial charge in [0, 0.05) is 11.1 Å². The number of halogens is 3. The first-order valence-electron chi connectivity index (χ1n) is 4.37. The van der Waals surface area contributed by atoms with Crippen molar-refractivity contribution in [1.82, 2.24) is 0 Å². The molecule has 2 nitrogen and oxygen atoms in total. The first-order chi connectivity index (χ1) is 7.56. The molecular weight excluding hydrogens is 236 g/mol. The van der Waals surface area contributed by atoms with E-state index in [-0.39, 0.29) is 21.9 Å². The van der Waals surface area contributed by atoms with Crippen molar-refractivity contribution >= 4 is 16.6 Å². The Morgan fingerprint density at radius 2 is 2.06 bits per heavy atom. The summed E-state index contributed by atoms with van der Waals surface area (Å²) in [5.41, 5.74) is 0.524. The highest BCUT2D eigenvalue weighted by Crippen LogP contribution is 2.31. The van der Waals surface area contributed by atoms with Crippen LogP contribution in [0.5, 0.6) is 5.75 Å². The quantitative estimate of drug-likeness (QED) is 0.757. The fourth-order valence-electron chi connectivity index (χ4n) is 1.10. The van der Waals surface area contributed by atoms with Gasteiger partial charge in [0.05, 0.1) is 11.1 Å². The second kappa shape index (κ2) is 5.47. The van der Waals surface area contributed by atoms with Crippen molar-refractivity contribution in [3.8, 4) is 11.8 Å². The van der Waals surface area contributed by atoms with Crippen LogP contribution in [-0.2, 0) is 0 Å². The van der Waals surface area contributed by atoms with Gasteiger partial charge in [0.2, 0.25) is 0 Å². The largest absolute Gasteiger partial charge is 0.434 e. The standard InChI is InChI=1S/C11H8ClF2NO/c1-7(6-15)10(12)8-4-2-3-5-9(8)16-11(13)14/h2-5,11H,1H3. The lowest BCUT2D eigenvalue weighted by Gasteiger charge is -2.09. The molecule has 0 bridgehead atoms. The van der Waals surface area contributed by atoms with Crippen molar-refractivity contribution in [2.24, 2.45) is 0 Å². The highest BCUT2D eigenvalue weighted by molar-refractivity contribution is 6.49. The topological polar surface area (TPSA) is 33.0 Å². The van der Waals surface area contributed by atoms with Gasteiger partial charge in [-0.2, -0.15) is 14.0 Å². The Labute approximate surface area is 96.7 Å². The highest BCUT2D eigenvalue weighted by Gasteiger charge is 2.12. The van der Waals surface area contributed by atoms with Crippen molar-refractivity contribution in [2.75, 3.05) is 0 Å². The third-order valence-corrected chi connectivity index (χ3v) is 2.32. The van der Waals surface area contributed by atoms with E-state index in [0.29, 0.717) is 0 Å². The van der Waals surface area contributed by atoms with Gasteiger partial charge in [-0.15, -0.1) is 0 Å². The zero-order valence-corrected chi connectivity index (χ0v) is 9.13. The molecule has 0 heterocycles. The minimum atomic E-state index is -2.92. The minimum Gasteiger partial charge on any atom is -0.434 e. The molecule has 0 aromatic heterocycles. The Morgan fingerprint density at radius 1 is 1.44 bits per heavy atom. The summed E-state index contributed by atoms with van der Waals surface area (Å²) in [5, 5.41) is 8.77. The molecule has 0 radical (unpaired) electrons. The van der Waals surface area contributed by atoms with Crippen LogP contribution in [-0.4, -0.2) is 6.61 Å². The summed E-state index contributed by atoms with van der Waals surface area (Å²) >= 11 is 5.88. The number of hydrogen-bond acceptors (Lipinski definition) is 2. The Balaban J connectivity index is 3.19. The van der Waals surface area contributed by atoms with E-state index in [9.17, 15) is 8.78 Å². The van der Waals surface area contributed by atoms with Crippen molar-refractivity contribution in [3.63, 3.8) is 0 Å². The molecule has 0 saturated carbocycles. The van der Waals surface area contributed by atoms with Crippen molar-refractivity contribution in [2.45, 2.75) is 13.5 Å². The Kier molecular flexibility index (Phi) is 4.27. The normalized spacial score (nSPS) is 12.0. The number of rotatable bonds is 3. The summed E-state index contributed by atoms with van der Waals surface area (Å²) in [4.78, 5) is 0. The van der Waals surface area contributed by atoms with E-state index in [2.05, 4.69) is 4.74 Å². The van der Waals surface area contributed by atoms with Crippen molar-refractivity contribution < 1.29 is 13.5 Å². The van der Waals surface area contributed by atoms with E-state index in [1.807, 2.05) is 6.07 Å². The highest BCUT2D eigenvalue weighted by atomic mass is 35.5. The maximum atomic E-state index is 12.1. The fraction of sp³-hybridized carbons (Fsp3) is 0.182. The molecule has 0 amide bonds. The molecule has 1 rings (SSSR count). The van der Waals surface area contributed by atoms with Gasteiger partial charge in [0.25, 0.3) is 0 Å². The zero-order valence-electron chi connectivity index (χ0n) is 8.38. The van der Waals surface area contributed by atoms with Gasteiger partial charge in [0.15, 0.2) is 0 Å². The van der Waals surface area contributed by atoms with E-state index in [1.165, 1.54) is 19.1 Å². The number of allylic oxidation sites excluding steroid dienone is 1. The third-order valence-electron chi connectivity index (χ3n) is 1.84. The first kappa shape index (κ1) is 12.5. The summed E-state index contributed by atoms with van der Waals surface area (Å²) in [7, 11) is 0. The number of para-hydroxylation sites is 1. The number of nitrogens with zero attached hydrogens (tertiary/aromatic N) is 1. The molecule has 0 atom stereocenters. The molecular formula is C11H8ClF2NO. The van der Waals surface area contributed by atoms with Crippen LogP contribution >= 0.6 is 11.6 Å². The minimum absolute atomic E-state index is 0.0444. The average molecular weight is 244 g/mol. The lowest BCUT2D eigenvalue weighted by Crippen LogP contribution is -2.03. The van der Waals surface area contributed by atoms with Gasteiger partial charge in [0.1, 0.15) is 5.75 Å². The van der Waals surface area contributed by atoms with E-state index < -0.39 is 6.61 Å². The van der Waals surface area contributed by atoms with Crippen molar-refractivity contribution in [1.29, 1.82) is 5.26 Å². The Bertz CT molecular complexity index is 452. The molecule has 0 aliphatic carbocycles. The molecule has 0 aliphatic rings. The SMILES string of the molecule is CC(C#N)=C(Cl)c1ccccc1OC(F)F. The van der Waals surface area contributed by atoms with Crippen LogP contribution in [0.25, 0.3) is 5.03 Å². The van der Waals surface area contributed by atoms with Crippen LogP contribution in [0, 0.1) is 11.3 Å². The second-order valence-electron chi connectivity index (χ2n) is 2.93. The van der Waals surface area contributed by atoms with Gasteiger partial charge in [-0.3, -0.25) is 0 Å². The fourth-order valence-corrected chi connectivity index (χ4v) is 1.30. The summed E-state index contributed by atoms with van der Waals surface area (Å²) in [6.07, 6.45) is 0. The molecule has 84 valence electrons. The Hall–Kier alpha value is -1.60. The van der Waals surface area contributed by atoms with Gasteiger partial charge in [-0.25, -0.2) is 0 Å². The van der Waals surface area contributed by atoms with E-state index in [1.54, 1.807) is 12.1 Å². The third kappa shape index (κ3) is 2.94. The first-order valence-corrected chi connectivity index (χ1v) is 4.74. The predicted molar refractivity (Wildman–Crippen MR) is 57.1 cm³/mol. The van der Waals surface area contributed by atoms with E-state index >= 15 is 0 Å². The van der Waals surface area contributed by atoms with Crippen LogP contribution < -0.4 is 4.74 Å². The maximum Gasteiger partial charge on any atom is 0.387 e. The number of alkyl halides is 2.